The summed E-state index contributed by atoms with van der Waals surface area (Å²) < 4.78 is 9.67. The maximum atomic E-state index is 12.5. The van der Waals surface area contributed by atoms with Crippen molar-refractivity contribution in [1.82, 2.24) is 5.32 Å². The summed E-state index contributed by atoms with van der Waals surface area (Å²) in [5.74, 6) is -1.83. The van der Waals surface area contributed by atoms with Crippen LogP contribution in [-0.4, -0.2) is 31.1 Å². The third-order valence-corrected chi connectivity index (χ3v) is 3.51. The molecule has 0 saturated carbocycles. The van der Waals surface area contributed by atoms with Crippen LogP contribution in [0.25, 0.3) is 0 Å². The molecule has 0 heterocycles. The number of carbonyl (C=O) groups is 3. The first kappa shape index (κ1) is 18.2. The number of rotatable bonds is 6. The molecule has 0 radical (unpaired) electrons. The van der Waals surface area contributed by atoms with E-state index in [0.29, 0.717) is 11.1 Å². The fourth-order valence-corrected chi connectivity index (χ4v) is 2.18. The van der Waals surface area contributed by atoms with E-state index in [1.54, 1.807) is 60.7 Å². The molecule has 130 valence electrons. The zero-order valence-corrected chi connectivity index (χ0v) is 14.0. The van der Waals surface area contributed by atoms with Crippen molar-refractivity contribution in [3.8, 4) is 0 Å². The van der Waals surface area contributed by atoms with E-state index in [4.69, 9.17) is 4.74 Å². The molecule has 2 atom stereocenters. The van der Waals surface area contributed by atoms with Crippen LogP contribution in [0.4, 0.5) is 0 Å². The second-order valence-corrected chi connectivity index (χ2v) is 5.29. The van der Waals surface area contributed by atoms with Gasteiger partial charge in [-0.05, 0) is 24.6 Å². The smallest absolute Gasteiger partial charge is 0.346 e. The molecule has 0 aromatic heterocycles. The van der Waals surface area contributed by atoms with E-state index >= 15 is 0 Å². The van der Waals surface area contributed by atoms with Gasteiger partial charge < -0.3 is 14.8 Å². The molecule has 2 unspecified atom stereocenters. The zero-order valence-electron chi connectivity index (χ0n) is 14.0. The highest BCUT2D eigenvalue weighted by molar-refractivity contribution is 5.97. The molecular weight excluding hydrogens is 322 g/mol. The first-order valence-corrected chi connectivity index (χ1v) is 7.72. The SMILES string of the molecule is COC(=O)C(C)OC(=O)C(NC(=O)c1ccccc1)c1ccccc1. The highest BCUT2D eigenvalue weighted by Crippen LogP contribution is 2.16. The lowest BCUT2D eigenvalue weighted by atomic mass is 10.1. The Morgan fingerprint density at radius 2 is 1.44 bits per heavy atom. The van der Waals surface area contributed by atoms with Crippen molar-refractivity contribution in [3.63, 3.8) is 0 Å². The fraction of sp³-hybridized carbons (Fsp3) is 0.211. The summed E-state index contributed by atoms with van der Waals surface area (Å²) in [7, 11) is 1.21. The molecule has 0 spiro atoms. The van der Waals surface area contributed by atoms with Crippen LogP contribution in [0.15, 0.2) is 60.7 Å². The normalized spacial score (nSPS) is 12.6. The number of benzene rings is 2. The second kappa shape index (κ2) is 8.63. The molecule has 0 bridgehead atoms. The monoisotopic (exact) mass is 341 g/mol. The van der Waals surface area contributed by atoms with Gasteiger partial charge in [0.15, 0.2) is 12.1 Å². The molecule has 2 rings (SSSR count). The minimum Gasteiger partial charge on any atom is -0.466 e. The minimum atomic E-state index is -1.07. The van der Waals surface area contributed by atoms with E-state index in [1.807, 2.05) is 0 Å². The number of carbonyl (C=O) groups excluding carboxylic acids is 3. The van der Waals surface area contributed by atoms with Gasteiger partial charge in [-0.25, -0.2) is 9.59 Å². The Labute approximate surface area is 145 Å². The number of hydrogen-bond donors (Lipinski definition) is 1. The summed E-state index contributed by atoms with van der Waals surface area (Å²) in [6.45, 7) is 1.41. The van der Waals surface area contributed by atoms with Gasteiger partial charge in [0.05, 0.1) is 7.11 Å². The topological polar surface area (TPSA) is 81.7 Å². The van der Waals surface area contributed by atoms with Crippen LogP contribution < -0.4 is 5.32 Å². The van der Waals surface area contributed by atoms with E-state index in [1.165, 1.54) is 14.0 Å². The molecule has 1 amide bonds. The summed E-state index contributed by atoms with van der Waals surface area (Å²) in [5.41, 5.74) is 0.964. The zero-order chi connectivity index (χ0) is 18.2. The predicted molar refractivity (Wildman–Crippen MR) is 90.7 cm³/mol. The second-order valence-electron chi connectivity index (χ2n) is 5.29. The Bertz CT molecular complexity index is 730. The minimum absolute atomic E-state index is 0.414. The molecule has 2 aromatic carbocycles. The number of ether oxygens (including phenoxy) is 2. The highest BCUT2D eigenvalue weighted by atomic mass is 16.6. The lowest BCUT2D eigenvalue weighted by Gasteiger charge is -2.20. The third-order valence-electron chi connectivity index (χ3n) is 3.51. The van der Waals surface area contributed by atoms with Crippen LogP contribution in [0.5, 0.6) is 0 Å². The van der Waals surface area contributed by atoms with E-state index in [2.05, 4.69) is 10.1 Å². The van der Waals surface area contributed by atoms with Gasteiger partial charge >= 0.3 is 11.9 Å². The fourth-order valence-electron chi connectivity index (χ4n) is 2.18. The highest BCUT2D eigenvalue weighted by Gasteiger charge is 2.28. The van der Waals surface area contributed by atoms with Crippen molar-refractivity contribution < 1.29 is 23.9 Å². The Balaban J connectivity index is 2.20. The molecule has 2 aromatic rings. The van der Waals surface area contributed by atoms with E-state index < -0.39 is 30.0 Å². The lowest BCUT2D eigenvalue weighted by molar-refractivity contribution is -0.166. The van der Waals surface area contributed by atoms with Crippen LogP contribution in [0.2, 0.25) is 0 Å². The predicted octanol–water partition coefficient (Wildman–Crippen LogP) is 2.26. The largest absolute Gasteiger partial charge is 0.466 e. The quantitative estimate of drug-likeness (QED) is 0.815. The molecule has 0 aliphatic rings. The van der Waals surface area contributed by atoms with Crippen molar-refractivity contribution in [3.05, 3.63) is 71.8 Å². The Hall–Kier alpha value is -3.15. The Morgan fingerprint density at radius 3 is 2.00 bits per heavy atom. The summed E-state index contributed by atoms with van der Waals surface area (Å²) in [5, 5.41) is 2.65. The molecular formula is C19H19NO5. The van der Waals surface area contributed by atoms with Crippen LogP contribution >= 0.6 is 0 Å². The average molecular weight is 341 g/mol. The van der Waals surface area contributed by atoms with Crippen LogP contribution in [0.1, 0.15) is 28.9 Å². The maximum Gasteiger partial charge on any atom is 0.346 e. The van der Waals surface area contributed by atoms with E-state index in [0.717, 1.165) is 0 Å². The van der Waals surface area contributed by atoms with Crippen molar-refractivity contribution in [1.29, 1.82) is 0 Å². The lowest BCUT2D eigenvalue weighted by Crippen LogP contribution is -2.37. The maximum absolute atomic E-state index is 12.5. The Kier molecular flexibility index (Phi) is 6.28. The molecule has 0 fully saturated rings. The number of hydrogen-bond acceptors (Lipinski definition) is 5. The number of esters is 2. The molecule has 0 aliphatic heterocycles. The van der Waals surface area contributed by atoms with Gasteiger partial charge in [-0.3, -0.25) is 4.79 Å². The molecule has 0 saturated heterocycles. The van der Waals surface area contributed by atoms with Crippen LogP contribution in [-0.2, 0) is 19.1 Å². The molecule has 6 nitrogen and oxygen atoms in total. The van der Waals surface area contributed by atoms with E-state index in [-0.39, 0.29) is 0 Å². The van der Waals surface area contributed by atoms with Gasteiger partial charge in [-0.1, -0.05) is 48.5 Å². The van der Waals surface area contributed by atoms with Gasteiger partial charge in [-0.2, -0.15) is 0 Å². The van der Waals surface area contributed by atoms with Crippen LogP contribution in [0, 0.1) is 0 Å². The van der Waals surface area contributed by atoms with Crippen molar-refractivity contribution in [2.45, 2.75) is 19.1 Å². The summed E-state index contributed by atoms with van der Waals surface area (Å²) in [6.07, 6.45) is -1.07. The first-order valence-electron chi connectivity index (χ1n) is 7.72. The molecule has 25 heavy (non-hydrogen) atoms. The average Bonchev–Trinajstić information content (AvgIpc) is 2.66. The van der Waals surface area contributed by atoms with Crippen LogP contribution in [0.3, 0.4) is 0 Å². The molecule has 1 N–H and O–H groups in total. The number of methoxy groups -OCH3 is 1. The van der Waals surface area contributed by atoms with Gasteiger partial charge in [-0.15, -0.1) is 0 Å². The van der Waals surface area contributed by atoms with Crippen molar-refractivity contribution >= 4 is 17.8 Å². The summed E-state index contributed by atoms with van der Waals surface area (Å²) >= 11 is 0. The van der Waals surface area contributed by atoms with Crippen molar-refractivity contribution in [2.24, 2.45) is 0 Å². The summed E-state index contributed by atoms with van der Waals surface area (Å²) in [4.78, 5) is 36.4. The summed E-state index contributed by atoms with van der Waals surface area (Å²) in [6, 6.07) is 16.1. The molecule has 0 aliphatic carbocycles. The third kappa shape index (κ3) is 4.91. The number of amides is 1. The first-order chi connectivity index (χ1) is 12.0. The van der Waals surface area contributed by atoms with E-state index in [9.17, 15) is 14.4 Å². The van der Waals surface area contributed by atoms with Gasteiger partial charge in [0.25, 0.3) is 5.91 Å². The van der Waals surface area contributed by atoms with Gasteiger partial charge in [0, 0.05) is 5.56 Å². The molecule has 6 heteroatoms. The van der Waals surface area contributed by atoms with Crippen molar-refractivity contribution in [2.75, 3.05) is 7.11 Å². The standard InChI is InChI=1S/C19H19NO5/c1-13(18(22)24-2)25-19(23)16(14-9-5-3-6-10-14)20-17(21)15-11-7-4-8-12-15/h3-13,16H,1-2H3,(H,20,21). The number of nitrogens with one attached hydrogen (secondary N) is 1. The Morgan fingerprint density at radius 1 is 0.880 bits per heavy atom. The van der Waals surface area contributed by atoms with Gasteiger partial charge in [0.2, 0.25) is 0 Å². The van der Waals surface area contributed by atoms with Gasteiger partial charge in [0.1, 0.15) is 0 Å².